The van der Waals surface area contributed by atoms with E-state index in [1.54, 1.807) is 17.0 Å². The van der Waals surface area contributed by atoms with Crippen LogP contribution in [0, 0.1) is 0 Å². The summed E-state index contributed by atoms with van der Waals surface area (Å²) in [6.45, 7) is 1.68. The maximum absolute atomic E-state index is 13.2. The summed E-state index contributed by atoms with van der Waals surface area (Å²) in [4.78, 5) is 14.9. The van der Waals surface area contributed by atoms with E-state index >= 15 is 0 Å². The number of carbonyl (C=O) groups excluding carboxylic acids is 1. The van der Waals surface area contributed by atoms with Crippen LogP contribution in [-0.2, 0) is 20.1 Å². The second kappa shape index (κ2) is 7.34. The fourth-order valence-corrected chi connectivity index (χ4v) is 4.13. The van der Waals surface area contributed by atoms with Gasteiger partial charge >= 0.3 is 0 Å². The zero-order valence-electron chi connectivity index (χ0n) is 15.8. The summed E-state index contributed by atoms with van der Waals surface area (Å²) >= 11 is 6.19. The van der Waals surface area contributed by atoms with Gasteiger partial charge in [-0.2, -0.15) is 0 Å². The van der Waals surface area contributed by atoms with Crippen molar-refractivity contribution in [3.63, 3.8) is 0 Å². The lowest BCUT2D eigenvalue weighted by Crippen LogP contribution is -2.48. The van der Waals surface area contributed by atoms with Gasteiger partial charge in [-0.3, -0.25) is 4.79 Å². The molecule has 2 aliphatic rings. The molecule has 1 saturated heterocycles. The monoisotopic (exact) mass is 409 g/mol. The molecule has 0 unspecified atom stereocenters. The fraction of sp³-hybridized carbons (Fsp3) is 0.261. The van der Waals surface area contributed by atoms with Crippen LogP contribution in [-0.4, -0.2) is 32.3 Å². The second-order valence-corrected chi connectivity index (χ2v) is 7.58. The molecule has 2 heterocycles. The molecule has 0 aromatic heterocycles. The molecule has 0 aliphatic carbocycles. The van der Waals surface area contributed by atoms with E-state index in [1.165, 1.54) is 0 Å². The third-order valence-electron chi connectivity index (χ3n) is 5.33. The van der Waals surface area contributed by atoms with Crippen LogP contribution in [0.2, 0.25) is 5.02 Å². The largest absolute Gasteiger partial charge is 0.492 e. The molecule has 1 fully saturated rings. The van der Waals surface area contributed by atoms with Crippen molar-refractivity contribution >= 4 is 34.0 Å². The first kappa shape index (κ1) is 18.4. The van der Waals surface area contributed by atoms with Crippen molar-refractivity contribution in [1.29, 1.82) is 0 Å². The van der Waals surface area contributed by atoms with Gasteiger partial charge < -0.3 is 19.1 Å². The minimum absolute atomic E-state index is 0.225. The van der Waals surface area contributed by atoms with Gasteiger partial charge in [-0.15, -0.1) is 0 Å². The number of carbonyl (C=O) groups is 1. The summed E-state index contributed by atoms with van der Waals surface area (Å²) in [5, 5.41) is 2.82. The number of benzene rings is 3. The van der Waals surface area contributed by atoms with E-state index in [4.69, 9.17) is 25.8 Å². The molecule has 0 radical (unpaired) electrons. The summed E-state index contributed by atoms with van der Waals surface area (Å²) in [7, 11) is 0. The molecular formula is C23H20ClNO4. The Bertz CT molecular complexity index is 1080. The van der Waals surface area contributed by atoms with Gasteiger partial charge in [-0.1, -0.05) is 41.9 Å². The summed E-state index contributed by atoms with van der Waals surface area (Å²) in [6, 6.07) is 19.5. The highest BCUT2D eigenvalue weighted by Gasteiger charge is 2.54. The van der Waals surface area contributed by atoms with E-state index in [0.29, 0.717) is 37.0 Å². The molecule has 0 saturated carbocycles. The van der Waals surface area contributed by atoms with Crippen LogP contribution in [0.3, 0.4) is 0 Å². The third-order valence-corrected chi connectivity index (χ3v) is 5.57. The highest BCUT2D eigenvalue weighted by Crippen LogP contribution is 2.46. The molecule has 3 aromatic rings. The summed E-state index contributed by atoms with van der Waals surface area (Å²) < 4.78 is 17.6. The number of hydrogen-bond acceptors (Lipinski definition) is 4. The van der Waals surface area contributed by atoms with Gasteiger partial charge in [0.1, 0.15) is 12.4 Å². The van der Waals surface area contributed by atoms with Crippen molar-refractivity contribution in [3.05, 3.63) is 71.2 Å². The predicted molar refractivity (Wildman–Crippen MR) is 111 cm³/mol. The zero-order chi connectivity index (χ0) is 19.8. The van der Waals surface area contributed by atoms with Crippen LogP contribution < -0.4 is 9.64 Å². The molecule has 2 aliphatic heterocycles. The van der Waals surface area contributed by atoms with Gasteiger partial charge in [0, 0.05) is 10.6 Å². The van der Waals surface area contributed by atoms with Crippen molar-refractivity contribution in [1.82, 2.24) is 0 Å². The third kappa shape index (κ3) is 3.15. The first-order valence-electron chi connectivity index (χ1n) is 9.69. The molecule has 5 rings (SSSR count). The average Bonchev–Trinajstić information content (AvgIpc) is 2.96. The molecule has 1 spiro atoms. The fourth-order valence-electron chi connectivity index (χ4n) is 3.95. The molecule has 148 valence electrons. The Hall–Kier alpha value is -2.60. The Morgan fingerprint density at radius 1 is 1.00 bits per heavy atom. The number of fused-ring (bicyclic) bond motifs is 3. The molecule has 5 nitrogen and oxygen atoms in total. The van der Waals surface area contributed by atoms with Crippen LogP contribution in [0.5, 0.6) is 5.75 Å². The normalized spacial score (nSPS) is 17.7. The minimum atomic E-state index is -1.39. The van der Waals surface area contributed by atoms with Crippen molar-refractivity contribution in [2.24, 2.45) is 0 Å². The smallest absolute Gasteiger partial charge is 0.292 e. The average molecular weight is 410 g/mol. The molecule has 0 bridgehead atoms. The molecule has 0 atom stereocenters. The maximum atomic E-state index is 13.2. The Labute approximate surface area is 173 Å². The molecule has 3 aromatic carbocycles. The Morgan fingerprint density at radius 3 is 2.62 bits per heavy atom. The number of hydrogen-bond donors (Lipinski definition) is 0. The lowest BCUT2D eigenvalue weighted by atomic mass is 10.1. The van der Waals surface area contributed by atoms with Crippen LogP contribution in [0.25, 0.3) is 10.8 Å². The number of anilines is 1. The number of halogens is 1. The van der Waals surface area contributed by atoms with Gasteiger partial charge in [0.2, 0.25) is 0 Å². The van der Waals surface area contributed by atoms with Crippen molar-refractivity contribution in [2.75, 3.05) is 31.3 Å². The maximum Gasteiger partial charge on any atom is 0.292 e. The highest BCUT2D eigenvalue weighted by molar-refractivity contribution is 6.31. The standard InChI is InChI=1S/C23H20ClNO4/c24-18-7-9-21-20(15-18)23(28-11-3-12-29-23)22(26)25(21)10-13-27-19-8-6-16-4-1-2-5-17(16)14-19/h1-2,4-9,14-15H,3,10-13H2. The van der Waals surface area contributed by atoms with Gasteiger partial charge in [0.05, 0.1) is 25.4 Å². The second-order valence-electron chi connectivity index (χ2n) is 7.14. The summed E-state index contributed by atoms with van der Waals surface area (Å²) in [5.74, 6) is -0.843. The number of rotatable bonds is 4. The Balaban J connectivity index is 1.36. The Morgan fingerprint density at radius 2 is 1.79 bits per heavy atom. The highest BCUT2D eigenvalue weighted by atomic mass is 35.5. The molecular weight excluding hydrogens is 390 g/mol. The molecule has 6 heteroatoms. The van der Waals surface area contributed by atoms with E-state index in [1.807, 2.05) is 42.5 Å². The van der Waals surface area contributed by atoms with Gasteiger partial charge in [0.25, 0.3) is 11.7 Å². The SMILES string of the molecule is O=C1N(CCOc2ccc3ccccc3c2)c2ccc(Cl)cc2C12OCCCO2. The predicted octanol–water partition coefficient (Wildman–Crippen LogP) is 4.51. The van der Waals surface area contributed by atoms with Crippen molar-refractivity contribution < 1.29 is 19.0 Å². The first-order chi connectivity index (χ1) is 14.2. The van der Waals surface area contributed by atoms with Crippen LogP contribution in [0.15, 0.2) is 60.7 Å². The summed E-state index contributed by atoms with van der Waals surface area (Å²) in [6.07, 6.45) is 0.760. The van der Waals surface area contributed by atoms with Crippen molar-refractivity contribution in [3.8, 4) is 5.75 Å². The van der Waals surface area contributed by atoms with E-state index < -0.39 is 5.79 Å². The van der Waals surface area contributed by atoms with Gasteiger partial charge in [-0.05, 0) is 47.5 Å². The van der Waals surface area contributed by atoms with Crippen LogP contribution >= 0.6 is 11.6 Å². The van der Waals surface area contributed by atoms with E-state index in [-0.39, 0.29) is 5.91 Å². The van der Waals surface area contributed by atoms with Crippen LogP contribution in [0.1, 0.15) is 12.0 Å². The topological polar surface area (TPSA) is 48.0 Å². The number of ether oxygens (including phenoxy) is 3. The molecule has 1 amide bonds. The molecule has 0 N–H and O–H groups in total. The molecule has 29 heavy (non-hydrogen) atoms. The first-order valence-corrected chi connectivity index (χ1v) is 10.1. The van der Waals surface area contributed by atoms with E-state index in [0.717, 1.165) is 28.6 Å². The van der Waals surface area contributed by atoms with E-state index in [9.17, 15) is 4.79 Å². The van der Waals surface area contributed by atoms with Crippen LogP contribution in [0.4, 0.5) is 5.69 Å². The lowest BCUT2D eigenvalue weighted by molar-refractivity contribution is -0.256. The van der Waals surface area contributed by atoms with Gasteiger partial charge in [-0.25, -0.2) is 0 Å². The van der Waals surface area contributed by atoms with E-state index in [2.05, 4.69) is 6.07 Å². The minimum Gasteiger partial charge on any atom is -0.492 e. The van der Waals surface area contributed by atoms with Gasteiger partial charge in [0.15, 0.2) is 0 Å². The number of amides is 1. The lowest BCUT2D eigenvalue weighted by Gasteiger charge is -2.32. The van der Waals surface area contributed by atoms with Crippen molar-refractivity contribution in [2.45, 2.75) is 12.2 Å². The summed E-state index contributed by atoms with van der Waals surface area (Å²) in [5.41, 5.74) is 1.42. The quantitative estimate of drug-likeness (QED) is 0.636. The number of nitrogens with zero attached hydrogens (tertiary/aromatic N) is 1. The zero-order valence-corrected chi connectivity index (χ0v) is 16.5. The Kier molecular flexibility index (Phi) is 4.66.